The molecule has 39 heavy (non-hydrogen) atoms. The van der Waals surface area contributed by atoms with E-state index in [1.807, 2.05) is 0 Å². The SMILES string of the molecule is COc1cc2cc(c1)C(=O)N[C@H]1CN(C(=O)Cn3ccnc3)C[C@@H]1Oc1ccc(c(OC)c1)CNC(=O)CO2. The van der Waals surface area contributed by atoms with Crippen LogP contribution in [0.25, 0.3) is 0 Å². The lowest BCUT2D eigenvalue weighted by atomic mass is 10.1. The highest BCUT2D eigenvalue weighted by Crippen LogP contribution is 2.28. The summed E-state index contributed by atoms with van der Waals surface area (Å²) in [5.41, 5.74) is 1.03. The van der Waals surface area contributed by atoms with E-state index in [9.17, 15) is 14.4 Å². The van der Waals surface area contributed by atoms with Crippen LogP contribution in [0.3, 0.4) is 0 Å². The van der Waals surface area contributed by atoms with E-state index in [0.29, 0.717) is 23.0 Å². The van der Waals surface area contributed by atoms with E-state index in [4.69, 9.17) is 18.9 Å². The molecule has 0 unspecified atom stereocenters. The molecule has 12 nitrogen and oxygen atoms in total. The summed E-state index contributed by atoms with van der Waals surface area (Å²) in [5, 5.41) is 5.81. The number of hydrogen-bond acceptors (Lipinski definition) is 8. The van der Waals surface area contributed by atoms with Crippen LogP contribution in [0.4, 0.5) is 0 Å². The number of amides is 3. The summed E-state index contributed by atoms with van der Waals surface area (Å²) in [6, 6.07) is 9.48. The summed E-state index contributed by atoms with van der Waals surface area (Å²) in [5.74, 6) is 0.869. The van der Waals surface area contributed by atoms with Crippen molar-refractivity contribution in [2.45, 2.75) is 25.2 Å². The zero-order valence-corrected chi connectivity index (χ0v) is 21.6. The minimum atomic E-state index is -0.534. The number of rotatable bonds is 4. The van der Waals surface area contributed by atoms with E-state index < -0.39 is 18.1 Å². The van der Waals surface area contributed by atoms with Crippen LogP contribution in [0.2, 0.25) is 0 Å². The van der Waals surface area contributed by atoms with Crippen LogP contribution in [-0.4, -0.2) is 78.2 Å². The second-order valence-electron chi connectivity index (χ2n) is 9.21. The van der Waals surface area contributed by atoms with Gasteiger partial charge in [-0.2, -0.15) is 0 Å². The minimum absolute atomic E-state index is 0.123. The smallest absolute Gasteiger partial charge is 0.258 e. The number of fused-ring (bicyclic) bond motifs is 7. The molecular weight excluding hydrogens is 506 g/mol. The lowest BCUT2D eigenvalue weighted by Gasteiger charge is -2.22. The average Bonchev–Trinajstić information content (AvgIpc) is 3.60. The molecule has 3 aromatic rings. The summed E-state index contributed by atoms with van der Waals surface area (Å²) < 4.78 is 24.5. The van der Waals surface area contributed by atoms with Crippen molar-refractivity contribution < 1.29 is 33.3 Å². The third-order valence-corrected chi connectivity index (χ3v) is 6.58. The predicted molar refractivity (Wildman–Crippen MR) is 138 cm³/mol. The topological polar surface area (TPSA) is 133 Å². The van der Waals surface area contributed by atoms with Gasteiger partial charge in [0.05, 0.1) is 33.1 Å². The van der Waals surface area contributed by atoms with E-state index in [2.05, 4.69) is 15.6 Å². The standard InChI is InChI=1S/C27H29N5O7/c1-36-20-7-18-8-21(9-20)38-15-25(33)29-11-17-3-4-19(10-23(17)37-2)39-24-13-32(12-22(24)30-27(18)35)26(34)14-31-6-5-28-16-31/h3-10,16,22,24H,11-15H2,1-2H3,(H,29,33)(H,30,35)/t22-,24-/m0/s1. The molecule has 1 fully saturated rings. The maximum Gasteiger partial charge on any atom is 0.258 e. The first-order valence-corrected chi connectivity index (χ1v) is 12.4. The van der Waals surface area contributed by atoms with Crippen LogP contribution in [0.1, 0.15) is 15.9 Å². The van der Waals surface area contributed by atoms with Crippen molar-refractivity contribution in [2.24, 2.45) is 0 Å². The summed E-state index contributed by atoms with van der Waals surface area (Å²) in [6.07, 6.45) is 4.37. The van der Waals surface area contributed by atoms with Gasteiger partial charge in [-0.3, -0.25) is 14.4 Å². The Morgan fingerprint density at radius 2 is 1.97 bits per heavy atom. The van der Waals surface area contributed by atoms with Gasteiger partial charge in [0.25, 0.3) is 11.8 Å². The first kappa shape index (κ1) is 25.9. The first-order chi connectivity index (χ1) is 18.9. The summed E-state index contributed by atoms with van der Waals surface area (Å²) in [6.45, 7) is 0.613. The number of nitrogens with zero attached hydrogens (tertiary/aromatic N) is 3. The van der Waals surface area contributed by atoms with Gasteiger partial charge in [-0.15, -0.1) is 0 Å². The molecule has 2 aromatic carbocycles. The zero-order chi connectivity index (χ0) is 27.4. The summed E-state index contributed by atoms with van der Waals surface area (Å²) >= 11 is 0. The molecule has 4 heterocycles. The molecule has 1 aromatic heterocycles. The van der Waals surface area contributed by atoms with Gasteiger partial charge in [0.1, 0.15) is 35.6 Å². The molecule has 3 amide bonds. The van der Waals surface area contributed by atoms with Gasteiger partial charge in [0, 0.05) is 48.7 Å². The molecule has 0 saturated carbocycles. The van der Waals surface area contributed by atoms with Gasteiger partial charge in [0.15, 0.2) is 6.61 Å². The normalized spacial score (nSPS) is 19.2. The Hall–Kier alpha value is -4.74. The zero-order valence-electron chi connectivity index (χ0n) is 21.6. The van der Waals surface area contributed by atoms with Gasteiger partial charge >= 0.3 is 0 Å². The van der Waals surface area contributed by atoms with Gasteiger partial charge in [-0.1, -0.05) is 0 Å². The van der Waals surface area contributed by atoms with Gasteiger partial charge < -0.3 is 39.0 Å². The predicted octanol–water partition coefficient (Wildman–Crippen LogP) is 0.997. The third-order valence-electron chi connectivity index (χ3n) is 6.58. The molecule has 2 atom stereocenters. The molecule has 4 bridgehead atoms. The number of likely N-dealkylation sites (tertiary alicyclic amines) is 1. The highest BCUT2D eigenvalue weighted by Gasteiger charge is 2.38. The second kappa shape index (κ2) is 11.3. The highest BCUT2D eigenvalue weighted by atomic mass is 16.5. The Balaban J connectivity index is 1.45. The summed E-state index contributed by atoms with van der Waals surface area (Å²) in [7, 11) is 3.01. The number of methoxy groups -OCH3 is 2. The minimum Gasteiger partial charge on any atom is -0.497 e. The number of imidazole rings is 1. The van der Waals surface area contributed by atoms with Gasteiger partial charge in [-0.05, 0) is 24.3 Å². The Labute approximate surface area is 224 Å². The van der Waals surface area contributed by atoms with E-state index >= 15 is 0 Å². The molecule has 3 aliphatic heterocycles. The Morgan fingerprint density at radius 1 is 1.10 bits per heavy atom. The Bertz CT molecular complexity index is 1360. The summed E-state index contributed by atoms with van der Waals surface area (Å²) in [4.78, 5) is 44.5. The van der Waals surface area contributed by atoms with Crippen molar-refractivity contribution in [1.29, 1.82) is 0 Å². The number of carbonyl (C=O) groups is 3. The van der Waals surface area contributed by atoms with E-state index in [1.54, 1.807) is 58.5 Å². The van der Waals surface area contributed by atoms with Crippen LogP contribution in [0.15, 0.2) is 55.1 Å². The maximum absolute atomic E-state index is 13.4. The van der Waals surface area contributed by atoms with Crippen LogP contribution < -0.4 is 29.6 Å². The van der Waals surface area contributed by atoms with Crippen LogP contribution >= 0.6 is 0 Å². The number of aromatic nitrogens is 2. The molecule has 6 rings (SSSR count). The van der Waals surface area contributed by atoms with Crippen molar-refractivity contribution in [3.8, 4) is 23.0 Å². The molecule has 0 radical (unpaired) electrons. The van der Waals surface area contributed by atoms with Crippen molar-refractivity contribution in [1.82, 2.24) is 25.1 Å². The quantitative estimate of drug-likeness (QED) is 0.506. The molecule has 0 spiro atoms. The molecule has 0 aliphatic carbocycles. The van der Waals surface area contributed by atoms with Gasteiger partial charge in [-0.25, -0.2) is 4.98 Å². The molecular formula is C27H29N5O7. The Kier molecular flexibility index (Phi) is 7.53. The van der Waals surface area contributed by atoms with Crippen LogP contribution in [0, 0.1) is 0 Å². The molecule has 2 N–H and O–H groups in total. The number of nitrogens with one attached hydrogen (secondary N) is 2. The van der Waals surface area contributed by atoms with Crippen molar-refractivity contribution in [3.63, 3.8) is 0 Å². The molecule has 204 valence electrons. The fourth-order valence-electron chi connectivity index (χ4n) is 4.54. The fourth-order valence-corrected chi connectivity index (χ4v) is 4.54. The Morgan fingerprint density at radius 3 is 2.74 bits per heavy atom. The maximum atomic E-state index is 13.4. The first-order valence-electron chi connectivity index (χ1n) is 12.4. The van der Waals surface area contributed by atoms with Gasteiger partial charge in [0.2, 0.25) is 5.91 Å². The number of hydrogen-bond donors (Lipinski definition) is 2. The van der Waals surface area contributed by atoms with E-state index in [0.717, 1.165) is 5.56 Å². The molecule has 3 aliphatic rings. The monoisotopic (exact) mass is 535 g/mol. The average molecular weight is 536 g/mol. The fraction of sp³-hybridized carbons (Fsp3) is 0.333. The second-order valence-corrected chi connectivity index (χ2v) is 9.21. The van der Waals surface area contributed by atoms with Crippen LogP contribution in [-0.2, 0) is 22.7 Å². The number of ether oxygens (including phenoxy) is 4. The molecule has 1 saturated heterocycles. The largest absolute Gasteiger partial charge is 0.497 e. The highest BCUT2D eigenvalue weighted by molar-refractivity contribution is 5.95. The third kappa shape index (κ3) is 6.06. The van der Waals surface area contributed by atoms with Crippen LogP contribution in [0.5, 0.6) is 23.0 Å². The van der Waals surface area contributed by atoms with Crippen molar-refractivity contribution >= 4 is 17.7 Å². The van der Waals surface area contributed by atoms with E-state index in [1.165, 1.54) is 20.3 Å². The number of carbonyl (C=O) groups excluding carboxylic acids is 3. The van der Waals surface area contributed by atoms with Crippen molar-refractivity contribution in [3.05, 3.63) is 66.2 Å². The number of benzene rings is 2. The van der Waals surface area contributed by atoms with Crippen molar-refractivity contribution in [2.75, 3.05) is 33.9 Å². The lowest BCUT2D eigenvalue weighted by molar-refractivity contribution is -0.131. The van der Waals surface area contributed by atoms with E-state index in [-0.39, 0.29) is 50.2 Å². The lowest BCUT2D eigenvalue weighted by Crippen LogP contribution is -2.45. The molecule has 12 heteroatoms.